The summed E-state index contributed by atoms with van der Waals surface area (Å²) in [6.07, 6.45) is 1.53. The van der Waals surface area contributed by atoms with Gasteiger partial charge in [-0.2, -0.15) is 0 Å². The number of nitrogens with zero attached hydrogens (tertiary/aromatic N) is 1. The Bertz CT molecular complexity index is 134. The molecule has 1 unspecified atom stereocenters. The summed E-state index contributed by atoms with van der Waals surface area (Å²) in [4.78, 5) is 2.27. The van der Waals surface area contributed by atoms with E-state index in [0.29, 0.717) is 6.10 Å². The van der Waals surface area contributed by atoms with Crippen molar-refractivity contribution < 1.29 is 4.74 Å². The molecule has 72 valence electrons. The summed E-state index contributed by atoms with van der Waals surface area (Å²) in [6, 6.07) is 0. The van der Waals surface area contributed by atoms with Crippen molar-refractivity contribution in [1.82, 2.24) is 4.90 Å². The lowest BCUT2D eigenvalue weighted by Gasteiger charge is -2.12. The Morgan fingerprint density at radius 1 is 1.50 bits per heavy atom. The molecule has 1 aliphatic rings. The second-order valence-electron chi connectivity index (χ2n) is 2.99. The van der Waals surface area contributed by atoms with E-state index in [0.717, 1.165) is 25.3 Å². The van der Waals surface area contributed by atoms with Crippen molar-refractivity contribution in [2.45, 2.75) is 33.3 Å². The van der Waals surface area contributed by atoms with Gasteiger partial charge >= 0.3 is 0 Å². The van der Waals surface area contributed by atoms with Gasteiger partial charge in [0.2, 0.25) is 0 Å². The maximum absolute atomic E-state index is 5.45. The van der Waals surface area contributed by atoms with Crippen LogP contribution < -0.4 is 0 Å². The highest BCUT2D eigenvalue weighted by molar-refractivity contribution is 4.81. The van der Waals surface area contributed by atoms with E-state index in [9.17, 15) is 0 Å². The molecule has 2 heteroatoms. The van der Waals surface area contributed by atoms with Crippen LogP contribution in [0, 0.1) is 0 Å². The zero-order valence-electron chi connectivity index (χ0n) is 8.76. The first-order valence-corrected chi connectivity index (χ1v) is 4.69. The number of allylic oxidation sites excluding steroid dienone is 1. The van der Waals surface area contributed by atoms with Gasteiger partial charge in [0.25, 0.3) is 0 Å². The van der Waals surface area contributed by atoms with Gasteiger partial charge < -0.3 is 9.64 Å². The third-order valence-electron chi connectivity index (χ3n) is 1.72. The van der Waals surface area contributed by atoms with Gasteiger partial charge in [0, 0.05) is 13.1 Å². The first kappa shape index (κ1) is 11.5. The van der Waals surface area contributed by atoms with Crippen molar-refractivity contribution >= 4 is 0 Å². The molecule has 2 nitrogen and oxygen atoms in total. The van der Waals surface area contributed by atoms with Crippen molar-refractivity contribution in [3.8, 4) is 0 Å². The number of ether oxygens (including phenoxy) is 1. The minimum Gasteiger partial charge on any atom is -0.494 e. The molecule has 0 amide bonds. The molecule has 0 spiro atoms. The van der Waals surface area contributed by atoms with Crippen LogP contribution in [0.15, 0.2) is 12.3 Å². The van der Waals surface area contributed by atoms with Gasteiger partial charge in [0.1, 0.15) is 6.10 Å². The van der Waals surface area contributed by atoms with E-state index in [-0.39, 0.29) is 0 Å². The van der Waals surface area contributed by atoms with E-state index in [1.54, 1.807) is 0 Å². The number of hydrogen-bond donors (Lipinski definition) is 0. The zero-order chi connectivity index (χ0) is 9.56. The molecule has 0 N–H and O–H groups in total. The fraction of sp³-hybridized carbons (Fsp3) is 0.800. The SMILES string of the molecule is C=C(C)OC1CCN(C)C1.CC. The third kappa shape index (κ3) is 4.39. The van der Waals surface area contributed by atoms with Gasteiger partial charge in [-0.15, -0.1) is 0 Å². The van der Waals surface area contributed by atoms with Crippen molar-refractivity contribution in [3.63, 3.8) is 0 Å². The molecule has 0 aliphatic carbocycles. The first-order chi connectivity index (χ1) is 5.68. The monoisotopic (exact) mass is 171 g/mol. The molecular formula is C10H21NO. The highest BCUT2D eigenvalue weighted by Gasteiger charge is 2.19. The molecule has 12 heavy (non-hydrogen) atoms. The van der Waals surface area contributed by atoms with Gasteiger partial charge in [0.15, 0.2) is 0 Å². The number of rotatable bonds is 2. The van der Waals surface area contributed by atoms with Crippen LogP contribution >= 0.6 is 0 Å². The van der Waals surface area contributed by atoms with Crippen LogP contribution in [0.5, 0.6) is 0 Å². The summed E-state index contributed by atoms with van der Waals surface area (Å²) < 4.78 is 5.45. The Labute approximate surface area is 76.2 Å². The van der Waals surface area contributed by atoms with E-state index in [4.69, 9.17) is 4.74 Å². The Kier molecular flexibility index (Phi) is 5.81. The van der Waals surface area contributed by atoms with Crippen LogP contribution in [0.4, 0.5) is 0 Å². The van der Waals surface area contributed by atoms with E-state index >= 15 is 0 Å². The molecule has 1 saturated heterocycles. The lowest BCUT2D eigenvalue weighted by Crippen LogP contribution is -2.18. The molecule has 0 bridgehead atoms. The highest BCUT2D eigenvalue weighted by atomic mass is 16.5. The molecule has 0 aromatic heterocycles. The summed E-state index contributed by atoms with van der Waals surface area (Å²) in [7, 11) is 2.11. The topological polar surface area (TPSA) is 12.5 Å². The van der Waals surface area contributed by atoms with Crippen LogP contribution in [-0.2, 0) is 4.74 Å². The van der Waals surface area contributed by atoms with E-state index in [2.05, 4.69) is 18.5 Å². The maximum Gasteiger partial charge on any atom is 0.112 e. The van der Waals surface area contributed by atoms with Crippen molar-refractivity contribution in [1.29, 1.82) is 0 Å². The van der Waals surface area contributed by atoms with Crippen LogP contribution in [-0.4, -0.2) is 31.1 Å². The average molecular weight is 171 g/mol. The Morgan fingerprint density at radius 3 is 2.42 bits per heavy atom. The normalized spacial score (nSPS) is 22.8. The molecule has 0 aromatic rings. The van der Waals surface area contributed by atoms with Crippen LogP contribution in [0.1, 0.15) is 27.2 Å². The quantitative estimate of drug-likeness (QED) is 0.591. The molecule has 1 atom stereocenters. The van der Waals surface area contributed by atoms with Gasteiger partial charge in [-0.05, 0) is 20.4 Å². The predicted molar refractivity (Wildman–Crippen MR) is 53.1 cm³/mol. The molecule has 1 aliphatic heterocycles. The summed E-state index contributed by atoms with van der Waals surface area (Å²) in [6.45, 7) is 11.8. The Hall–Kier alpha value is -0.500. The highest BCUT2D eigenvalue weighted by Crippen LogP contribution is 2.12. The smallest absolute Gasteiger partial charge is 0.112 e. The van der Waals surface area contributed by atoms with Gasteiger partial charge in [0.05, 0.1) is 5.76 Å². The van der Waals surface area contributed by atoms with Crippen LogP contribution in [0.3, 0.4) is 0 Å². The minimum atomic E-state index is 0.391. The second-order valence-corrected chi connectivity index (χ2v) is 2.99. The van der Waals surface area contributed by atoms with Crippen molar-refractivity contribution in [3.05, 3.63) is 12.3 Å². The van der Waals surface area contributed by atoms with Crippen LogP contribution in [0.2, 0.25) is 0 Å². The van der Waals surface area contributed by atoms with E-state index in [1.165, 1.54) is 0 Å². The summed E-state index contributed by atoms with van der Waals surface area (Å²) >= 11 is 0. The average Bonchev–Trinajstić information content (AvgIpc) is 2.39. The Balaban J connectivity index is 0.000000561. The molecule has 1 rings (SSSR count). The lowest BCUT2D eigenvalue weighted by atomic mass is 10.3. The standard InChI is InChI=1S/C8H15NO.C2H6/c1-7(2)10-8-4-5-9(3)6-8;1-2/h8H,1,4-6H2,2-3H3;1-2H3. The summed E-state index contributed by atoms with van der Waals surface area (Å²) in [5.41, 5.74) is 0. The molecule has 0 radical (unpaired) electrons. The molecular weight excluding hydrogens is 150 g/mol. The second kappa shape index (κ2) is 6.06. The first-order valence-electron chi connectivity index (χ1n) is 4.69. The number of likely N-dealkylation sites (tertiary alicyclic amines) is 1. The molecule has 0 saturated carbocycles. The van der Waals surface area contributed by atoms with Gasteiger partial charge in [-0.3, -0.25) is 0 Å². The zero-order valence-corrected chi connectivity index (χ0v) is 8.76. The maximum atomic E-state index is 5.45. The third-order valence-corrected chi connectivity index (χ3v) is 1.72. The van der Waals surface area contributed by atoms with E-state index < -0.39 is 0 Å². The van der Waals surface area contributed by atoms with Gasteiger partial charge in [-0.1, -0.05) is 20.4 Å². The van der Waals surface area contributed by atoms with Crippen LogP contribution in [0.25, 0.3) is 0 Å². The number of hydrogen-bond acceptors (Lipinski definition) is 2. The predicted octanol–water partition coefficient (Wildman–Crippen LogP) is 2.27. The molecule has 0 aromatic carbocycles. The van der Waals surface area contributed by atoms with Crippen molar-refractivity contribution in [2.24, 2.45) is 0 Å². The van der Waals surface area contributed by atoms with Gasteiger partial charge in [-0.25, -0.2) is 0 Å². The Morgan fingerprint density at radius 2 is 2.08 bits per heavy atom. The van der Waals surface area contributed by atoms with E-state index in [1.807, 2.05) is 20.8 Å². The van der Waals surface area contributed by atoms with Crippen molar-refractivity contribution in [2.75, 3.05) is 20.1 Å². The minimum absolute atomic E-state index is 0.391. The summed E-state index contributed by atoms with van der Waals surface area (Å²) in [5, 5.41) is 0. The fourth-order valence-corrected chi connectivity index (χ4v) is 1.28. The lowest BCUT2D eigenvalue weighted by molar-refractivity contribution is 0.126. The number of likely N-dealkylation sites (N-methyl/N-ethyl adjacent to an activating group) is 1. The fourth-order valence-electron chi connectivity index (χ4n) is 1.28. The largest absolute Gasteiger partial charge is 0.494 e. The molecule has 1 fully saturated rings. The summed E-state index contributed by atoms with van der Waals surface area (Å²) in [5.74, 6) is 0.834. The molecule has 1 heterocycles.